The van der Waals surface area contributed by atoms with E-state index in [1.807, 2.05) is 0 Å². The van der Waals surface area contributed by atoms with Gasteiger partial charge in [-0.2, -0.15) is 0 Å². The van der Waals surface area contributed by atoms with Crippen molar-refractivity contribution in [3.05, 3.63) is 35.4 Å². The summed E-state index contributed by atoms with van der Waals surface area (Å²) in [5.41, 5.74) is 2.89. The minimum absolute atomic E-state index is 0.589. The maximum atomic E-state index is 3.58. The highest BCUT2D eigenvalue weighted by Crippen LogP contribution is 2.12. The minimum atomic E-state index is 0.589. The third-order valence-electron chi connectivity index (χ3n) is 3.66. The van der Waals surface area contributed by atoms with E-state index in [9.17, 15) is 0 Å². The molecule has 1 atom stereocenters. The van der Waals surface area contributed by atoms with Gasteiger partial charge in [-0.25, -0.2) is 0 Å². The minimum Gasteiger partial charge on any atom is -0.310 e. The number of hydrogen-bond donors (Lipinski definition) is 1. The lowest BCUT2D eigenvalue weighted by Gasteiger charge is -2.21. The van der Waals surface area contributed by atoms with Crippen LogP contribution in [0, 0.1) is 0 Å². The third-order valence-corrected chi connectivity index (χ3v) is 3.66. The maximum Gasteiger partial charge on any atom is 0.0236 e. The van der Waals surface area contributed by atoms with Crippen LogP contribution in [0.3, 0.4) is 0 Å². The van der Waals surface area contributed by atoms with Crippen LogP contribution < -0.4 is 5.32 Å². The van der Waals surface area contributed by atoms with Crippen LogP contribution in [0.5, 0.6) is 0 Å². The molecule has 0 saturated carbocycles. The van der Waals surface area contributed by atoms with Crippen LogP contribution in [0.25, 0.3) is 0 Å². The molecule has 0 radical (unpaired) electrons. The standard InChI is InChI=1S/C16H28N2/c1-5-14(4)17-12-15-10-8-9-11-16(15)13-18(6-2)7-3/h8-11,14,17H,5-7,12-13H2,1-4H3. The van der Waals surface area contributed by atoms with Crippen molar-refractivity contribution in [2.45, 2.75) is 53.2 Å². The van der Waals surface area contributed by atoms with Gasteiger partial charge in [-0.15, -0.1) is 0 Å². The van der Waals surface area contributed by atoms with E-state index in [4.69, 9.17) is 0 Å². The van der Waals surface area contributed by atoms with E-state index in [0.717, 1.165) is 26.2 Å². The Kier molecular flexibility index (Phi) is 6.99. The summed E-state index contributed by atoms with van der Waals surface area (Å²) in [6.45, 7) is 13.2. The van der Waals surface area contributed by atoms with Crippen LogP contribution in [0.1, 0.15) is 45.2 Å². The van der Waals surface area contributed by atoms with Gasteiger partial charge in [0.05, 0.1) is 0 Å². The number of hydrogen-bond acceptors (Lipinski definition) is 2. The van der Waals surface area contributed by atoms with Crippen molar-refractivity contribution in [1.82, 2.24) is 10.2 Å². The molecule has 102 valence electrons. The molecule has 0 aliphatic heterocycles. The molecule has 0 aliphatic carbocycles. The average Bonchev–Trinajstić information content (AvgIpc) is 2.43. The van der Waals surface area contributed by atoms with Crippen molar-refractivity contribution >= 4 is 0 Å². The Bertz CT molecular complexity index is 332. The van der Waals surface area contributed by atoms with Gasteiger partial charge in [0.2, 0.25) is 0 Å². The van der Waals surface area contributed by atoms with Gasteiger partial charge in [-0.05, 0) is 37.6 Å². The van der Waals surface area contributed by atoms with Crippen LogP contribution in [-0.4, -0.2) is 24.0 Å². The molecular weight excluding hydrogens is 220 g/mol. The zero-order valence-corrected chi connectivity index (χ0v) is 12.4. The molecule has 0 bridgehead atoms. The molecule has 1 aromatic carbocycles. The Balaban J connectivity index is 2.66. The largest absolute Gasteiger partial charge is 0.310 e. The predicted octanol–water partition coefficient (Wildman–Crippen LogP) is 3.42. The number of nitrogens with zero attached hydrogens (tertiary/aromatic N) is 1. The van der Waals surface area contributed by atoms with Crippen LogP contribution in [-0.2, 0) is 13.1 Å². The molecule has 18 heavy (non-hydrogen) atoms. The lowest BCUT2D eigenvalue weighted by molar-refractivity contribution is 0.294. The molecule has 0 saturated heterocycles. The topological polar surface area (TPSA) is 15.3 Å². The molecule has 0 spiro atoms. The molecule has 0 fully saturated rings. The molecule has 1 rings (SSSR count). The fourth-order valence-electron chi connectivity index (χ4n) is 2.00. The van der Waals surface area contributed by atoms with Crippen molar-refractivity contribution in [1.29, 1.82) is 0 Å². The van der Waals surface area contributed by atoms with E-state index >= 15 is 0 Å². The molecule has 0 heterocycles. The summed E-state index contributed by atoms with van der Waals surface area (Å²) in [4.78, 5) is 2.46. The van der Waals surface area contributed by atoms with E-state index in [1.165, 1.54) is 17.5 Å². The van der Waals surface area contributed by atoms with Gasteiger partial charge in [-0.3, -0.25) is 4.90 Å². The first-order valence-electron chi connectivity index (χ1n) is 7.23. The maximum absolute atomic E-state index is 3.58. The number of benzene rings is 1. The summed E-state index contributed by atoms with van der Waals surface area (Å²) >= 11 is 0. The van der Waals surface area contributed by atoms with Gasteiger partial charge < -0.3 is 5.32 Å². The number of nitrogens with one attached hydrogen (secondary N) is 1. The first-order valence-corrected chi connectivity index (χ1v) is 7.23. The second-order valence-electron chi connectivity index (χ2n) is 4.92. The summed E-state index contributed by atoms with van der Waals surface area (Å²) in [7, 11) is 0. The zero-order chi connectivity index (χ0) is 13.4. The summed E-state index contributed by atoms with van der Waals surface area (Å²) in [6, 6.07) is 9.37. The van der Waals surface area contributed by atoms with Crippen molar-refractivity contribution in [2.75, 3.05) is 13.1 Å². The van der Waals surface area contributed by atoms with Gasteiger partial charge in [0.1, 0.15) is 0 Å². The van der Waals surface area contributed by atoms with Gasteiger partial charge in [0, 0.05) is 19.1 Å². The van der Waals surface area contributed by atoms with Crippen molar-refractivity contribution < 1.29 is 0 Å². The quantitative estimate of drug-likeness (QED) is 0.758. The summed E-state index contributed by atoms with van der Waals surface area (Å²) in [5, 5.41) is 3.58. The summed E-state index contributed by atoms with van der Waals surface area (Å²) in [6.07, 6.45) is 1.18. The fourth-order valence-corrected chi connectivity index (χ4v) is 2.00. The molecular formula is C16H28N2. The fraction of sp³-hybridized carbons (Fsp3) is 0.625. The Morgan fingerprint density at radius 1 is 1.06 bits per heavy atom. The summed E-state index contributed by atoms with van der Waals surface area (Å²) < 4.78 is 0. The van der Waals surface area contributed by atoms with Gasteiger partial charge in [0.15, 0.2) is 0 Å². The zero-order valence-electron chi connectivity index (χ0n) is 12.4. The van der Waals surface area contributed by atoms with Crippen molar-refractivity contribution in [3.63, 3.8) is 0 Å². The molecule has 1 unspecified atom stereocenters. The van der Waals surface area contributed by atoms with E-state index in [-0.39, 0.29) is 0 Å². The second kappa shape index (κ2) is 8.28. The monoisotopic (exact) mass is 248 g/mol. The average molecular weight is 248 g/mol. The molecule has 0 aromatic heterocycles. The number of rotatable bonds is 8. The molecule has 1 aromatic rings. The molecule has 2 nitrogen and oxygen atoms in total. The van der Waals surface area contributed by atoms with E-state index in [1.54, 1.807) is 0 Å². The molecule has 1 N–H and O–H groups in total. The SMILES string of the molecule is CCC(C)NCc1ccccc1CN(CC)CC. The normalized spacial score (nSPS) is 12.9. The highest BCUT2D eigenvalue weighted by atomic mass is 15.1. The lowest BCUT2D eigenvalue weighted by Crippen LogP contribution is -2.27. The van der Waals surface area contributed by atoms with Crippen LogP contribution >= 0.6 is 0 Å². The summed E-state index contributed by atoms with van der Waals surface area (Å²) in [5.74, 6) is 0. The Morgan fingerprint density at radius 2 is 1.67 bits per heavy atom. The highest BCUT2D eigenvalue weighted by molar-refractivity contribution is 5.27. The molecule has 2 heteroatoms. The smallest absolute Gasteiger partial charge is 0.0236 e. The highest BCUT2D eigenvalue weighted by Gasteiger charge is 2.06. The van der Waals surface area contributed by atoms with Gasteiger partial charge in [-0.1, -0.05) is 45.0 Å². The first kappa shape index (κ1) is 15.2. The van der Waals surface area contributed by atoms with Gasteiger partial charge in [0.25, 0.3) is 0 Å². The van der Waals surface area contributed by atoms with Crippen LogP contribution in [0.4, 0.5) is 0 Å². The van der Waals surface area contributed by atoms with E-state index in [2.05, 4.69) is 62.2 Å². The van der Waals surface area contributed by atoms with Crippen LogP contribution in [0.15, 0.2) is 24.3 Å². The Morgan fingerprint density at radius 3 is 2.22 bits per heavy atom. The Labute approximate surface area is 112 Å². The van der Waals surface area contributed by atoms with E-state index in [0.29, 0.717) is 6.04 Å². The molecule has 0 aliphatic rings. The van der Waals surface area contributed by atoms with Crippen molar-refractivity contribution in [2.24, 2.45) is 0 Å². The van der Waals surface area contributed by atoms with Crippen LogP contribution in [0.2, 0.25) is 0 Å². The van der Waals surface area contributed by atoms with Crippen molar-refractivity contribution in [3.8, 4) is 0 Å². The lowest BCUT2D eigenvalue weighted by atomic mass is 10.1. The third kappa shape index (κ3) is 4.79. The van der Waals surface area contributed by atoms with Gasteiger partial charge >= 0.3 is 0 Å². The van der Waals surface area contributed by atoms with E-state index < -0.39 is 0 Å². The second-order valence-corrected chi connectivity index (χ2v) is 4.92. The first-order chi connectivity index (χ1) is 8.71. The predicted molar refractivity (Wildman–Crippen MR) is 79.7 cm³/mol. The molecule has 0 amide bonds. The Hall–Kier alpha value is -0.860.